The minimum atomic E-state index is -0.938. The fraction of sp³-hybridized carbons (Fsp3) is 0.296. The standard InChI is InChI=1S/C27H28Cl3N5O2/c1-16-18(4-2-5-19(16)28)22-12-17(14-34-8-10-35(11-9-34)15-24(31)36)13-23(33-22)26(27(32)37)25-20(29)6-3-7-21(25)30/h2-7,12-13,26H,8-11,14-15H2,1H3,(H2,31,36)(H2,32,37). The van der Waals surface area contributed by atoms with E-state index in [9.17, 15) is 9.59 Å². The van der Waals surface area contributed by atoms with Crippen molar-refractivity contribution in [3.05, 3.63) is 86.0 Å². The van der Waals surface area contributed by atoms with Crippen molar-refractivity contribution in [2.75, 3.05) is 32.7 Å². The number of amides is 2. The number of piperazine rings is 1. The lowest BCUT2D eigenvalue weighted by Crippen LogP contribution is -2.48. The largest absolute Gasteiger partial charge is 0.369 e. The zero-order valence-electron chi connectivity index (χ0n) is 20.4. The molecule has 2 heterocycles. The minimum absolute atomic E-state index is 0.254. The second-order valence-corrected chi connectivity index (χ2v) is 10.4. The van der Waals surface area contributed by atoms with Gasteiger partial charge in [-0.2, -0.15) is 0 Å². The van der Waals surface area contributed by atoms with Gasteiger partial charge < -0.3 is 11.5 Å². The Balaban J connectivity index is 1.76. The van der Waals surface area contributed by atoms with Crippen molar-refractivity contribution < 1.29 is 9.59 Å². The van der Waals surface area contributed by atoms with Gasteiger partial charge in [0.25, 0.3) is 0 Å². The molecule has 2 aromatic carbocycles. The summed E-state index contributed by atoms with van der Waals surface area (Å²) in [5.41, 5.74) is 15.5. The quantitative estimate of drug-likeness (QED) is 0.429. The molecule has 4 N–H and O–H groups in total. The van der Waals surface area contributed by atoms with E-state index in [-0.39, 0.29) is 12.5 Å². The molecular formula is C27H28Cl3N5O2. The second-order valence-electron chi connectivity index (χ2n) is 9.19. The normalized spacial score (nSPS) is 15.5. The molecule has 1 fully saturated rings. The maximum Gasteiger partial charge on any atom is 0.231 e. The van der Waals surface area contributed by atoms with Crippen LogP contribution in [0.2, 0.25) is 15.1 Å². The molecule has 2 amide bonds. The summed E-state index contributed by atoms with van der Waals surface area (Å²) in [6, 6.07) is 14.6. The molecule has 1 saturated heterocycles. The van der Waals surface area contributed by atoms with Crippen LogP contribution in [0, 0.1) is 6.92 Å². The zero-order valence-corrected chi connectivity index (χ0v) is 22.7. The Morgan fingerprint density at radius 3 is 2.14 bits per heavy atom. The number of pyridine rings is 1. The Hall–Kier alpha value is -2.68. The van der Waals surface area contributed by atoms with Crippen molar-refractivity contribution in [3.63, 3.8) is 0 Å². The Morgan fingerprint density at radius 1 is 0.919 bits per heavy atom. The highest BCUT2D eigenvalue weighted by atomic mass is 35.5. The number of aromatic nitrogens is 1. The number of primary amides is 2. The van der Waals surface area contributed by atoms with Crippen LogP contribution in [0.25, 0.3) is 11.3 Å². The number of hydrogen-bond donors (Lipinski definition) is 2. The summed E-state index contributed by atoms with van der Waals surface area (Å²) in [5.74, 6) is -1.87. The van der Waals surface area contributed by atoms with Crippen LogP contribution in [-0.2, 0) is 16.1 Å². The molecule has 37 heavy (non-hydrogen) atoms. The van der Waals surface area contributed by atoms with E-state index in [1.807, 2.05) is 42.2 Å². The van der Waals surface area contributed by atoms with Gasteiger partial charge in [0, 0.05) is 58.9 Å². The summed E-state index contributed by atoms with van der Waals surface area (Å²) in [5, 5.41) is 1.31. The zero-order chi connectivity index (χ0) is 26.7. The molecule has 10 heteroatoms. The van der Waals surface area contributed by atoms with Crippen molar-refractivity contribution in [2.24, 2.45) is 11.5 Å². The molecule has 7 nitrogen and oxygen atoms in total. The van der Waals surface area contributed by atoms with E-state index in [0.29, 0.717) is 38.6 Å². The highest BCUT2D eigenvalue weighted by Crippen LogP contribution is 2.37. The molecule has 0 saturated carbocycles. The molecule has 1 atom stereocenters. The smallest absolute Gasteiger partial charge is 0.231 e. The maximum absolute atomic E-state index is 12.8. The van der Waals surface area contributed by atoms with Gasteiger partial charge in [0.05, 0.1) is 17.9 Å². The minimum Gasteiger partial charge on any atom is -0.369 e. The Kier molecular flexibility index (Phi) is 8.72. The summed E-state index contributed by atoms with van der Waals surface area (Å²) >= 11 is 19.4. The van der Waals surface area contributed by atoms with E-state index in [1.165, 1.54) is 0 Å². The van der Waals surface area contributed by atoms with Crippen LogP contribution in [0.3, 0.4) is 0 Å². The average Bonchev–Trinajstić information content (AvgIpc) is 2.83. The van der Waals surface area contributed by atoms with Gasteiger partial charge in [0.1, 0.15) is 5.92 Å². The van der Waals surface area contributed by atoms with E-state index < -0.39 is 11.8 Å². The summed E-state index contributed by atoms with van der Waals surface area (Å²) in [6.45, 7) is 5.82. The average molecular weight is 561 g/mol. The fourth-order valence-electron chi connectivity index (χ4n) is 4.68. The number of halogens is 3. The van der Waals surface area contributed by atoms with Crippen LogP contribution >= 0.6 is 34.8 Å². The van der Waals surface area contributed by atoms with E-state index in [0.717, 1.165) is 42.9 Å². The lowest BCUT2D eigenvalue weighted by molar-refractivity contribution is -0.120. The van der Waals surface area contributed by atoms with Crippen LogP contribution < -0.4 is 11.5 Å². The van der Waals surface area contributed by atoms with Crippen molar-refractivity contribution in [1.29, 1.82) is 0 Å². The van der Waals surface area contributed by atoms with Gasteiger partial charge in [-0.05, 0) is 48.4 Å². The first kappa shape index (κ1) is 27.4. The Labute approximate surface area is 231 Å². The van der Waals surface area contributed by atoms with Gasteiger partial charge in [-0.3, -0.25) is 24.4 Å². The number of benzene rings is 2. The summed E-state index contributed by atoms with van der Waals surface area (Å²) in [4.78, 5) is 33.3. The molecular weight excluding hydrogens is 533 g/mol. The van der Waals surface area contributed by atoms with Crippen LogP contribution in [0.1, 0.15) is 28.3 Å². The number of nitrogens with zero attached hydrogens (tertiary/aromatic N) is 3. The lowest BCUT2D eigenvalue weighted by atomic mass is 9.92. The molecule has 0 aliphatic carbocycles. The van der Waals surface area contributed by atoms with Crippen molar-refractivity contribution in [1.82, 2.24) is 14.8 Å². The van der Waals surface area contributed by atoms with E-state index in [1.54, 1.807) is 18.2 Å². The highest BCUT2D eigenvalue weighted by Gasteiger charge is 2.28. The lowest BCUT2D eigenvalue weighted by Gasteiger charge is -2.34. The molecule has 4 rings (SSSR count). The summed E-state index contributed by atoms with van der Waals surface area (Å²) < 4.78 is 0. The van der Waals surface area contributed by atoms with E-state index in [2.05, 4.69) is 4.90 Å². The second kappa shape index (κ2) is 11.8. The monoisotopic (exact) mass is 559 g/mol. The summed E-state index contributed by atoms with van der Waals surface area (Å²) in [7, 11) is 0. The van der Waals surface area contributed by atoms with Gasteiger partial charge in [0.2, 0.25) is 11.8 Å². The van der Waals surface area contributed by atoms with Crippen molar-refractivity contribution >= 4 is 46.6 Å². The molecule has 1 unspecified atom stereocenters. The highest BCUT2D eigenvalue weighted by molar-refractivity contribution is 6.36. The van der Waals surface area contributed by atoms with Crippen LogP contribution in [0.5, 0.6) is 0 Å². The van der Waals surface area contributed by atoms with Crippen molar-refractivity contribution in [2.45, 2.75) is 19.4 Å². The molecule has 194 valence electrons. The molecule has 1 aliphatic heterocycles. The van der Waals surface area contributed by atoms with E-state index in [4.69, 9.17) is 51.3 Å². The summed E-state index contributed by atoms with van der Waals surface area (Å²) in [6.07, 6.45) is 0. The number of rotatable bonds is 8. The third-order valence-corrected chi connectivity index (χ3v) is 7.64. The van der Waals surface area contributed by atoms with Crippen LogP contribution in [-0.4, -0.2) is 59.3 Å². The number of nitrogens with two attached hydrogens (primary N) is 2. The van der Waals surface area contributed by atoms with Crippen LogP contribution in [0.15, 0.2) is 48.5 Å². The molecule has 1 aliphatic rings. The van der Waals surface area contributed by atoms with Gasteiger partial charge in [0.15, 0.2) is 0 Å². The van der Waals surface area contributed by atoms with E-state index >= 15 is 0 Å². The topological polar surface area (TPSA) is 106 Å². The molecule has 0 radical (unpaired) electrons. The third-order valence-electron chi connectivity index (χ3n) is 6.57. The molecule has 1 aromatic heterocycles. The first-order valence-corrected chi connectivity index (χ1v) is 13.0. The molecule has 0 bridgehead atoms. The molecule has 3 aromatic rings. The Morgan fingerprint density at radius 2 is 1.51 bits per heavy atom. The number of carbonyl (C=O) groups is 2. The van der Waals surface area contributed by atoms with Gasteiger partial charge in [-0.1, -0.05) is 53.0 Å². The number of carbonyl (C=O) groups excluding carboxylic acids is 2. The predicted molar refractivity (Wildman–Crippen MR) is 148 cm³/mol. The third kappa shape index (κ3) is 6.43. The van der Waals surface area contributed by atoms with Crippen molar-refractivity contribution in [3.8, 4) is 11.3 Å². The van der Waals surface area contributed by atoms with Gasteiger partial charge in [-0.25, -0.2) is 0 Å². The predicted octanol–water partition coefficient (Wildman–Crippen LogP) is 4.24. The molecule has 0 spiro atoms. The first-order chi connectivity index (χ1) is 17.6. The maximum atomic E-state index is 12.8. The van der Waals surface area contributed by atoms with Gasteiger partial charge in [-0.15, -0.1) is 0 Å². The Bertz CT molecular complexity index is 1310. The van der Waals surface area contributed by atoms with Crippen LogP contribution in [0.4, 0.5) is 0 Å². The fourth-order valence-corrected chi connectivity index (χ4v) is 5.47. The SMILES string of the molecule is Cc1c(Cl)cccc1-c1cc(CN2CCN(CC(N)=O)CC2)cc(C(C(N)=O)c2c(Cl)cccc2Cl)n1. The number of hydrogen-bond acceptors (Lipinski definition) is 5. The van der Waals surface area contributed by atoms with Gasteiger partial charge >= 0.3 is 0 Å². The first-order valence-electron chi connectivity index (χ1n) is 11.9.